The van der Waals surface area contributed by atoms with Gasteiger partial charge in [0.05, 0.1) is 13.2 Å². The summed E-state index contributed by atoms with van der Waals surface area (Å²) in [4.78, 5) is 14.1. The Bertz CT molecular complexity index is 720. The molecule has 128 valence electrons. The topological polar surface area (TPSA) is 41.6 Å². The van der Waals surface area contributed by atoms with Crippen LogP contribution in [0.1, 0.15) is 22.0 Å². The number of nitrogens with one attached hydrogen (secondary N) is 1. The third kappa shape index (κ3) is 4.08. The Morgan fingerprint density at radius 3 is 2.50 bits per heavy atom. The van der Waals surface area contributed by atoms with Crippen LogP contribution < -0.4 is 10.1 Å². The van der Waals surface area contributed by atoms with E-state index < -0.39 is 17.5 Å². The van der Waals surface area contributed by atoms with Crippen LogP contribution in [0.5, 0.6) is 5.75 Å². The van der Waals surface area contributed by atoms with Gasteiger partial charge in [-0.3, -0.25) is 4.79 Å². The number of carbonyl (C=O) groups is 1. The zero-order valence-electron chi connectivity index (χ0n) is 13.8. The lowest BCUT2D eigenvalue weighted by Gasteiger charge is -2.26. The highest BCUT2D eigenvalue weighted by Crippen LogP contribution is 2.27. The molecule has 0 spiro atoms. The summed E-state index contributed by atoms with van der Waals surface area (Å²) in [5, 5.41) is 2.75. The fourth-order valence-corrected chi connectivity index (χ4v) is 2.44. The van der Waals surface area contributed by atoms with Crippen LogP contribution in [0.25, 0.3) is 0 Å². The lowest BCUT2D eigenvalue weighted by molar-refractivity contribution is 0.0941. The van der Waals surface area contributed by atoms with Gasteiger partial charge in [0.1, 0.15) is 5.75 Å². The van der Waals surface area contributed by atoms with Gasteiger partial charge in [0, 0.05) is 17.7 Å². The minimum Gasteiger partial charge on any atom is -0.496 e. The van der Waals surface area contributed by atoms with Gasteiger partial charge in [-0.2, -0.15) is 0 Å². The Labute approximate surface area is 140 Å². The highest BCUT2D eigenvalue weighted by Gasteiger charge is 2.19. The van der Waals surface area contributed by atoms with Crippen molar-refractivity contribution in [3.8, 4) is 5.75 Å². The monoisotopic (exact) mass is 334 g/mol. The number of rotatable bonds is 6. The minimum absolute atomic E-state index is 0.0754. The molecule has 6 heteroatoms. The van der Waals surface area contributed by atoms with E-state index in [0.717, 1.165) is 23.4 Å². The van der Waals surface area contributed by atoms with Gasteiger partial charge < -0.3 is 15.0 Å². The van der Waals surface area contributed by atoms with Gasteiger partial charge in [-0.05, 0) is 38.4 Å². The van der Waals surface area contributed by atoms with Gasteiger partial charge in [0.25, 0.3) is 5.91 Å². The van der Waals surface area contributed by atoms with Crippen LogP contribution in [0, 0.1) is 11.6 Å². The molecule has 0 bridgehead atoms. The van der Waals surface area contributed by atoms with E-state index in [2.05, 4.69) is 5.32 Å². The summed E-state index contributed by atoms with van der Waals surface area (Å²) in [6.07, 6.45) is 0. The number of methoxy groups -OCH3 is 1. The first-order valence-electron chi connectivity index (χ1n) is 7.46. The van der Waals surface area contributed by atoms with Crippen molar-refractivity contribution in [1.82, 2.24) is 10.2 Å². The molecule has 2 aromatic carbocycles. The van der Waals surface area contributed by atoms with Crippen molar-refractivity contribution in [1.29, 1.82) is 0 Å². The largest absolute Gasteiger partial charge is 0.496 e. The highest BCUT2D eigenvalue weighted by atomic mass is 19.2. The van der Waals surface area contributed by atoms with Crippen LogP contribution >= 0.6 is 0 Å². The highest BCUT2D eigenvalue weighted by molar-refractivity contribution is 5.94. The second-order valence-corrected chi connectivity index (χ2v) is 5.56. The summed E-state index contributed by atoms with van der Waals surface area (Å²) in [5.74, 6) is -1.77. The molecule has 24 heavy (non-hydrogen) atoms. The van der Waals surface area contributed by atoms with Crippen LogP contribution in [-0.4, -0.2) is 38.6 Å². The normalized spacial score (nSPS) is 12.1. The summed E-state index contributed by atoms with van der Waals surface area (Å²) in [6.45, 7) is 0.297. The molecule has 0 radical (unpaired) electrons. The molecule has 0 aliphatic carbocycles. The van der Waals surface area contributed by atoms with Crippen molar-refractivity contribution < 1.29 is 18.3 Å². The molecule has 1 unspecified atom stereocenters. The molecule has 1 N–H and O–H groups in total. The maximum atomic E-state index is 13.3. The zero-order valence-corrected chi connectivity index (χ0v) is 13.8. The van der Waals surface area contributed by atoms with Gasteiger partial charge in [-0.15, -0.1) is 0 Å². The molecule has 0 fully saturated rings. The molecule has 0 aliphatic heterocycles. The van der Waals surface area contributed by atoms with Crippen molar-refractivity contribution in [2.24, 2.45) is 0 Å². The summed E-state index contributed by atoms with van der Waals surface area (Å²) < 4.78 is 31.6. The Hall–Kier alpha value is -2.47. The smallest absolute Gasteiger partial charge is 0.251 e. The molecule has 0 saturated carbocycles. The van der Waals surface area contributed by atoms with Crippen molar-refractivity contribution >= 4 is 5.91 Å². The first-order chi connectivity index (χ1) is 11.4. The average Bonchev–Trinajstić information content (AvgIpc) is 2.57. The molecular formula is C18H20F2N2O2. The molecule has 2 rings (SSSR count). The fourth-order valence-electron chi connectivity index (χ4n) is 2.44. The fraction of sp³-hybridized carbons (Fsp3) is 0.278. The number of hydrogen-bond acceptors (Lipinski definition) is 3. The number of halogens is 2. The third-order valence-electron chi connectivity index (χ3n) is 3.76. The van der Waals surface area contributed by atoms with Gasteiger partial charge in [-0.1, -0.05) is 18.2 Å². The molecular weight excluding hydrogens is 314 g/mol. The van der Waals surface area contributed by atoms with E-state index in [0.29, 0.717) is 6.54 Å². The number of nitrogens with zero attached hydrogens (tertiary/aromatic N) is 1. The number of likely N-dealkylation sites (N-methyl/N-ethyl adjacent to an activating group) is 1. The first kappa shape index (κ1) is 17.9. The molecule has 2 aromatic rings. The second kappa shape index (κ2) is 7.88. The van der Waals surface area contributed by atoms with E-state index in [1.54, 1.807) is 7.11 Å². The maximum absolute atomic E-state index is 13.3. The van der Waals surface area contributed by atoms with E-state index in [1.807, 2.05) is 43.3 Å². The number of ether oxygens (including phenoxy) is 1. The Morgan fingerprint density at radius 1 is 1.17 bits per heavy atom. The zero-order chi connectivity index (χ0) is 17.7. The van der Waals surface area contributed by atoms with Gasteiger partial charge in [-0.25, -0.2) is 8.78 Å². The SMILES string of the molecule is COc1ccccc1C(CNC(=O)c1ccc(F)c(F)c1)N(C)C. The summed E-state index contributed by atoms with van der Waals surface area (Å²) >= 11 is 0. The summed E-state index contributed by atoms with van der Waals surface area (Å²) in [7, 11) is 5.37. The molecule has 0 aromatic heterocycles. The van der Waals surface area contributed by atoms with Crippen molar-refractivity contribution in [3.63, 3.8) is 0 Å². The standard InChI is InChI=1S/C18H20F2N2O2/c1-22(2)16(13-6-4-5-7-17(13)24-3)11-21-18(23)12-8-9-14(19)15(20)10-12/h4-10,16H,11H2,1-3H3,(H,21,23). The van der Waals surface area contributed by atoms with Crippen LogP contribution in [0.15, 0.2) is 42.5 Å². The number of hydrogen-bond donors (Lipinski definition) is 1. The Morgan fingerprint density at radius 2 is 1.88 bits per heavy atom. The lowest BCUT2D eigenvalue weighted by atomic mass is 10.0. The van der Waals surface area contributed by atoms with E-state index in [1.165, 1.54) is 6.07 Å². The Kier molecular flexibility index (Phi) is 5.87. The number of carbonyl (C=O) groups excluding carboxylic acids is 1. The van der Waals surface area contributed by atoms with E-state index in [-0.39, 0.29) is 11.6 Å². The van der Waals surface area contributed by atoms with Crippen LogP contribution in [0.2, 0.25) is 0 Å². The lowest BCUT2D eigenvalue weighted by Crippen LogP contribution is -2.34. The minimum atomic E-state index is -1.04. The van der Waals surface area contributed by atoms with Crippen molar-refractivity contribution in [2.75, 3.05) is 27.7 Å². The van der Waals surface area contributed by atoms with Crippen LogP contribution in [0.3, 0.4) is 0 Å². The third-order valence-corrected chi connectivity index (χ3v) is 3.76. The predicted octanol–water partition coefficient (Wildman–Crippen LogP) is 3.01. The van der Waals surface area contributed by atoms with Crippen molar-refractivity contribution in [3.05, 3.63) is 65.2 Å². The molecule has 4 nitrogen and oxygen atoms in total. The van der Waals surface area contributed by atoms with Gasteiger partial charge >= 0.3 is 0 Å². The molecule has 1 amide bonds. The second-order valence-electron chi connectivity index (χ2n) is 5.56. The molecule has 1 atom stereocenters. The average molecular weight is 334 g/mol. The van der Waals surface area contributed by atoms with E-state index in [4.69, 9.17) is 4.74 Å². The molecule has 0 saturated heterocycles. The maximum Gasteiger partial charge on any atom is 0.251 e. The van der Waals surface area contributed by atoms with Crippen molar-refractivity contribution in [2.45, 2.75) is 6.04 Å². The quantitative estimate of drug-likeness (QED) is 0.883. The first-order valence-corrected chi connectivity index (χ1v) is 7.46. The van der Waals surface area contributed by atoms with Gasteiger partial charge in [0.2, 0.25) is 0 Å². The Balaban J connectivity index is 2.14. The number of benzene rings is 2. The number of para-hydroxylation sites is 1. The van der Waals surface area contributed by atoms with E-state index >= 15 is 0 Å². The summed E-state index contributed by atoms with van der Waals surface area (Å²) in [5.41, 5.74) is 1.00. The molecule has 0 heterocycles. The summed E-state index contributed by atoms with van der Waals surface area (Å²) in [6, 6.07) is 10.5. The number of amides is 1. The van der Waals surface area contributed by atoms with Crippen LogP contribution in [-0.2, 0) is 0 Å². The molecule has 0 aliphatic rings. The van der Waals surface area contributed by atoms with Gasteiger partial charge in [0.15, 0.2) is 11.6 Å². The predicted molar refractivity (Wildman–Crippen MR) is 88.1 cm³/mol. The van der Waals surface area contributed by atoms with E-state index in [9.17, 15) is 13.6 Å². The van der Waals surface area contributed by atoms with Crippen LogP contribution in [0.4, 0.5) is 8.78 Å².